The molecule has 192 valence electrons. The van der Waals surface area contributed by atoms with Crippen LogP contribution in [0.5, 0.6) is 0 Å². The summed E-state index contributed by atoms with van der Waals surface area (Å²) in [6.45, 7) is 1.45. The highest BCUT2D eigenvalue weighted by Gasteiger charge is 2.36. The number of carboxylic acids is 1. The number of likely N-dealkylation sites (tertiary alicyclic amines) is 1. The van der Waals surface area contributed by atoms with Crippen molar-refractivity contribution in [3.63, 3.8) is 0 Å². The Morgan fingerprint density at radius 1 is 1.14 bits per heavy atom. The Bertz CT molecular complexity index is 1080. The Kier molecular flexibility index (Phi) is 9.17. The van der Waals surface area contributed by atoms with E-state index in [-0.39, 0.29) is 25.7 Å². The topological polar surface area (TPSA) is 170 Å². The van der Waals surface area contributed by atoms with Gasteiger partial charge in [0, 0.05) is 24.8 Å². The van der Waals surface area contributed by atoms with Crippen LogP contribution in [0.4, 0.5) is 10.6 Å². The van der Waals surface area contributed by atoms with Crippen LogP contribution in [-0.4, -0.2) is 88.4 Å². The summed E-state index contributed by atoms with van der Waals surface area (Å²) in [6, 6.07) is 10.4. The Balaban J connectivity index is 1.45. The number of ether oxygens (including phenoxy) is 1. The van der Waals surface area contributed by atoms with Gasteiger partial charge in [0.1, 0.15) is 18.5 Å². The molecule has 2 aromatic rings. The van der Waals surface area contributed by atoms with Gasteiger partial charge in [0.15, 0.2) is 0 Å². The molecule has 3 amide bonds. The average Bonchev–Trinajstić information content (AvgIpc) is 3.28. The number of rotatable bonds is 11. The molecule has 0 aliphatic carbocycles. The molecule has 1 aromatic carbocycles. The van der Waals surface area contributed by atoms with Gasteiger partial charge in [-0.3, -0.25) is 9.59 Å². The number of aromatic nitrogens is 1. The van der Waals surface area contributed by atoms with Crippen molar-refractivity contribution in [2.75, 3.05) is 31.6 Å². The molecule has 0 bridgehead atoms. The molecule has 0 saturated carbocycles. The number of carbonyl (C=O) groups is 4. The maximum absolute atomic E-state index is 12.4. The third-order valence-corrected chi connectivity index (χ3v) is 5.75. The molecule has 3 unspecified atom stereocenters. The number of hydrogen-bond acceptors (Lipinski definition) is 7. The molecule has 1 aromatic heterocycles. The van der Waals surface area contributed by atoms with Gasteiger partial charge in [0.05, 0.1) is 18.7 Å². The summed E-state index contributed by atoms with van der Waals surface area (Å²) in [6.07, 6.45) is 0.411. The molecule has 1 aliphatic heterocycles. The summed E-state index contributed by atoms with van der Waals surface area (Å²) in [5.41, 5.74) is 1.03. The number of benzene rings is 1. The Hall–Kier alpha value is -4.19. The van der Waals surface area contributed by atoms with Crippen molar-refractivity contribution in [2.24, 2.45) is 0 Å². The molecule has 0 radical (unpaired) electrons. The Morgan fingerprint density at radius 2 is 1.89 bits per heavy atom. The van der Waals surface area contributed by atoms with E-state index in [0.717, 1.165) is 0 Å². The molecule has 12 heteroatoms. The summed E-state index contributed by atoms with van der Waals surface area (Å²) >= 11 is 0. The first-order valence-corrected chi connectivity index (χ1v) is 11.4. The second-order valence-corrected chi connectivity index (χ2v) is 8.34. The summed E-state index contributed by atoms with van der Waals surface area (Å²) in [5, 5.41) is 26.9. The van der Waals surface area contributed by atoms with E-state index in [0.29, 0.717) is 29.9 Å². The van der Waals surface area contributed by atoms with E-state index >= 15 is 0 Å². The Morgan fingerprint density at radius 3 is 2.56 bits per heavy atom. The zero-order chi connectivity index (χ0) is 26.1. The first kappa shape index (κ1) is 26.4. The fourth-order valence-electron chi connectivity index (χ4n) is 3.84. The van der Waals surface area contributed by atoms with Crippen molar-refractivity contribution in [2.45, 2.75) is 31.5 Å². The highest BCUT2D eigenvalue weighted by Crippen LogP contribution is 2.21. The van der Waals surface area contributed by atoms with Crippen LogP contribution >= 0.6 is 0 Å². The summed E-state index contributed by atoms with van der Waals surface area (Å²) in [5.74, 6) is -1.82. The van der Waals surface area contributed by atoms with Gasteiger partial charge in [0.2, 0.25) is 5.91 Å². The van der Waals surface area contributed by atoms with Gasteiger partial charge in [-0.15, -0.1) is 0 Å². The SMILES string of the molecule is Cc1ccccc1C(=O)NC(CNC(=O)COC1CC(CNc2ccccn2)N(C(=O)O)C1)C(=O)O. The fraction of sp³-hybridized carbons (Fsp3) is 0.375. The van der Waals surface area contributed by atoms with E-state index in [4.69, 9.17) is 4.74 Å². The molecular formula is C24H29N5O7. The number of nitrogens with zero attached hydrogens (tertiary/aromatic N) is 2. The minimum absolute atomic E-state index is 0.0986. The molecule has 3 atom stereocenters. The molecule has 12 nitrogen and oxygen atoms in total. The lowest BCUT2D eigenvalue weighted by molar-refractivity contribution is -0.139. The Labute approximate surface area is 207 Å². The van der Waals surface area contributed by atoms with Crippen LogP contribution in [0.3, 0.4) is 0 Å². The number of anilines is 1. The van der Waals surface area contributed by atoms with Crippen molar-refractivity contribution >= 4 is 29.7 Å². The second kappa shape index (κ2) is 12.5. The number of pyridine rings is 1. The van der Waals surface area contributed by atoms with E-state index in [2.05, 4.69) is 20.9 Å². The van der Waals surface area contributed by atoms with Gasteiger partial charge in [-0.2, -0.15) is 0 Å². The lowest BCUT2D eigenvalue weighted by Gasteiger charge is -2.21. The molecule has 0 spiro atoms. The van der Waals surface area contributed by atoms with Gasteiger partial charge >= 0.3 is 12.1 Å². The third kappa shape index (κ3) is 7.40. The van der Waals surface area contributed by atoms with Crippen LogP contribution in [0, 0.1) is 6.92 Å². The van der Waals surface area contributed by atoms with Gasteiger partial charge in [-0.1, -0.05) is 24.3 Å². The second-order valence-electron chi connectivity index (χ2n) is 8.34. The monoisotopic (exact) mass is 499 g/mol. The van der Waals surface area contributed by atoms with Gasteiger partial charge in [-0.05, 0) is 37.1 Å². The minimum atomic E-state index is -1.34. The van der Waals surface area contributed by atoms with Crippen molar-refractivity contribution < 1.29 is 34.1 Å². The van der Waals surface area contributed by atoms with Crippen molar-refractivity contribution in [3.05, 3.63) is 59.8 Å². The lowest BCUT2D eigenvalue weighted by atomic mass is 10.1. The molecule has 3 rings (SSSR count). The standard InChI is InChI=1S/C24H29N5O7/c1-15-6-2-3-7-18(15)22(31)28-19(23(32)33)12-27-21(30)14-36-17-10-16(29(13-17)24(34)35)11-26-20-8-4-5-9-25-20/h2-9,16-17,19H,10-14H2,1H3,(H,25,26)(H,27,30)(H,28,31)(H,32,33)(H,34,35). The number of aliphatic carboxylic acids is 1. The van der Waals surface area contributed by atoms with Gasteiger partial charge in [-0.25, -0.2) is 14.6 Å². The van der Waals surface area contributed by atoms with Crippen molar-refractivity contribution in [1.82, 2.24) is 20.5 Å². The van der Waals surface area contributed by atoms with Crippen LogP contribution in [0.2, 0.25) is 0 Å². The minimum Gasteiger partial charge on any atom is -0.480 e. The highest BCUT2D eigenvalue weighted by molar-refractivity contribution is 5.97. The molecule has 1 saturated heterocycles. The predicted octanol–water partition coefficient (Wildman–Crippen LogP) is 0.939. The first-order valence-electron chi connectivity index (χ1n) is 11.4. The van der Waals surface area contributed by atoms with Gasteiger partial charge in [0.25, 0.3) is 5.91 Å². The smallest absolute Gasteiger partial charge is 0.407 e. The quantitative estimate of drug-likeness (QED) is 0.302. The van der Waals surface area contributed by atoms with Gasteiger partial charge < -0.3 is 35.8 Å². The van der Waals surface area contributed by atoms with Crippen molar-refractivity contribution in [3.8, 4) is 0 Å². The number of carbonyl (C=O) groups excluding carboxylic acids is 2. The first-order chi connectivity index (χ1) is 17.2. The van der Waals surface area contributed by atoms with E-state index in [1.54, 1.807) is 49.5 Å². The molecule has 36 heavy (non-hydrogen) atoms. The largest absolute Gasteiger partial charge is 0.480 e. The van der Waals surface area contributed by atoms with Crippen LogP contribution in [0.25, 0.3) is 0 Å². The number of carboxylic acid groups (broad SMARTS) is 2. The number of amides is 3. The van der Waals surface area contributed by atoms with Crippen LogP contribution in [-0.2, 0) is 14.3 Å². The van der Waals surface area contributed by atoms with E-state index in [1.165, 1.54) is 4.90 Å². The molecule has 1 aliphatic rings. The van der Waals surface area contributed by atoms with Crippen LogP contribution < -0.4 is 16.0 Å². The zero-order valence-electron chi connectivity index (χ0n) is 19.7. The average molecular weight is 500 g/mol. The number of aryl methyl sites for hydroxylation is 1. The number of nitrogens with one attached hydrogen (secondary N) is 3. The number of hydrogen-bond donors (Lipinski definition) is 5. The van der Waals surface area contributed by atoms with E-state index in [1.807, 2.05) is 6.07 Å². The molecule has 2 heterocycles. The fourth-order valence-corrected chi connectivity index (χ4v) is 3.84. The summed E-state index contributed by atoms with van der Waals surface area (Å²) < 4.78 is 5.59. The molecular weight excluding hydrogens is 470 g/mol. The van der Waals surface area contributed by atoms with Crippen molar-refractivity contribution in [1.29, 1.82) is 0 Å². The molecule has 5 N–H and O–H groups in total. The van der Waals surface area contributed by atoms with E-state index < -0.39 is 36.0 Å². The maximum atomic E-state index is 12.4. The van der Waals surface area contributed by atoms with Crippen LogP contribution in [0.1, 0.15) is 22.3 Å². The zero-order valence-corrected chi connectivity index (χ0v) is 19.7. The predicted molar refractivity (Wildman–Crippen MR) is 129 cm³/mol. The summed E-state index contributed by atoms with van der Waals surface area (Å²) in [4.78, 5) is 53.2. The summed E-state index contributed by atoms with van der Waals surface area (Å²) in [7, 11) is 0. The third-order valence-electron chi connectivity index (χ3n) is 5.75. The lowest BCUT2D eigenvalue weighted by Crippen LogP contribution is -2.49. The highest BCUT2D eigenvalue weighted by atomic mass is 16.5. The van der Waals surface area contributed by atoms with Crippen LogP contribution in [0.15, 0.2) is 48.7 Å². The molecule has 1 fully saturated rings. The maximum Gasteiger partial charge on any atom is 0.407 e. The van der Waals surface area contributed by atoms with E-state index in [9.17, 15) is 29.4 Å². The normalized spacial score (nSPS) is 17.8.